The first kappa shape index (κ1) is 18.2. The molecule has 1 aromatic heterocycles. The van der Waals surface area contributed by atoms with E-state index >= 15 is 0 Å². The molecule has 0 radical (unpaired) electrons. The molecule has 4 rings (SSSR count). The number of hydrogen-bond donors (Lipinski definition) is 1. The molecule has 2 aromatic carbocycles. The number of nitrogens with one attached hydrogen (secondary N) is 1. The lowest BCUT2D eigenvalue weighted by atomic mass is 10.0. The summed E-state index contributed by atoms with van der Waals surface area (Å²) in [5.41, 5.74) is 3.39. The van der Waals surface area contributed by atoms with Gasteiger partial charge >= 0.3 is 0 Å². The summed E-state index contributed by atoms with van der Waals surface area (Å²) in [6.07, 6.45) is 7.11. The second-order valence-electron chi connectivity index (χ2n) is 7.24. The summed E-state index contributed by atoms with van der Waals surface area (Å²) in [7, 11) is 0. The van der Waals surface area contributed by atoms with Gasteiger partial charge in [-0.25, -0.2) is 4.98 Å². The van der Waals surface area contributed by atoms with E-state index in [1.54, 1.807) is 0 Å². The predicted molar refractivity (Wildman–Crippen MR) is 114 cm³/mol. The van der Waals surface area contributed by atoms with E-state index in [2.05, 4.69) is 21.2 Å². The van der Waals surface area contributed by atoms with Gasteiger partial charge in [0.15, 0.2) is 0 Å². The van der Waals surface area contributed by atoms with Crippen molar-refractivity contribution in [1.29, 1.82) is 0 Å². The number of nitrogens with zero attached hydrogens (tertiary/aromatic N) is 1. The molecule has 4 heteroatoms. The molecular weight excluding hydrogens is 400 g/mol. The van der Waals surface area contributed by atoms with Crippen LogP contribution in [-0.4, -0.2) is 16.9 Å². The first-order valence-corrected chi connectivity index (χ1v) is 10.5. The van der Waals surface area contributed by atoms with E-state index < -0.39 is 0 Å². The summed E-state index contributed by atoms with van der Waals surface area (Å²) in [6.45, 7) is 0. The monoisotopic (exact) mass is 422 g/mol. The largest absolute Gasteiger partial charge is 0.349 e. The van der Waals surface area contributed by atoms with Crippen LogP contribution >= 0.6 is 15.9 Å². The fourth-order valence-corrected chi connectivity index (χ4v) is 4.08. The highest BCUT2D eigenvalue weighted by molar-refractivity contribution is 9.10. The van der Waals surface area contributed by atoms with E-state index in [-0.39, 0.29) is 11.9 Å². The predicted octanol–water partition coefficient (Wildman–Crippen LogP) is 6.12. The number of para-hydroxylation sites is 1. The zero-order valence-corrected chi connectivity index (χ0v) is 16.8. The molecule has 1 amide bonds. The average molecular weight is 423 g/mol. The minimum Gasteiger partial charge on any atom is -0.349 e. The summed E-state index contributed by atoms with van der Waals surface area (Å²) in [5, 5.41) is 4.19. The molecule has 0 bridgehead atoms. The molecule has 1 aliphatic carbocycles. The summed E-state index contributed by atoms with van der Waals surface area (Å²) in [6, 6.07) is 18.1. The Bertz CT molecular complexity index is 944. The van der Waals surface area contributed by atoms with Crippen molar-refractivity contribution in [3.63, 3.8) is 0 Å². The third-order valence-corrected chi connectivity index (χ3v) is 5.82. The Morgan fingerprint density at radius 2 is 1.67 bits per heavy atom. The summed E-state index contributed by atoms with van der Waals surface area (Å²) in [4.78, 5) is 17.9. The highest BCUT2D eigenvalue weighted by Gasteiger charge is 2.18. The van der Waals surface area contributed by atoms with Crippen LogP contribution in [0.25, 0.3) is 22.2 Å². The quantitative estimate of drug-likeness (QED) is 0.516. The zero-order chi connectivity index (χ0) is 18.6. The van der Waals surface area contributed by atoms with Crippen molar-refractivity contribution in [2.75, 3.05) is 0 Å². The SMILES string of the molecule is O=C(NC1CCCCCC1)c1cc(-c2ccc(Br)cc2)nc2ccccc12. The van der Waals surface area contributed by atoms with Crippen LogP contribution in [0.1, 0.15) is 48.9 Å². The normalized spacial score (nSPS) is 15.4. The minimum atomic E-state index is 0.0128. The maximum atomic E-state index is 13.1. The number of benzene rings is 2. The minimum absolute atomic E-state index is 0.0128. The molecule has 0 atom stereocenters. The Morgan fingerprint density at radius 1 is 0.963 bits per heavy atom. The lowest BCUT2D eigenvalue weighted by molar-refractivity contribution is 0.0935. The van der Waals surface area contributed by atoms with Crippen LogP contribution in [0.5, 0.6) is 0 Å². The molecule has 0 unspecified atom stereocenters. The lowest BCUT2D eigenvalue weighted by Crippen LogP contribution is -2.34. The summed E-state index contributed by atoms with van der Waals surface area (Å²) < 4.78 is 1.03. The van der Waals surface area contributed by atoms with Crippen molar-refractivity contribution in [1.82, 2.24) is 10.3 Å². The number of amides is 1. The molecule has 3 nitrogen and oxygen atoms in total. The van der Waals surface area contributed by atoms with Crippen molar-refractivity contribution < 1.29 is 4.79 Å². The third kappa shape index (κ3) is 4.22. The van der Waals surface area contributed by atoms with Gasteiger partial charge in [-0.15, -0.1) is 0 Å². The summed E-state index contributed by atoms with van der Waals surface area (Å²) in [5.74, 6) is 0.0128. The van der Waals surface area contributed by atoms with E-state index in [1.165, 1.54) is 25.7 Å². The number of hydrogen-bond acceptors (Lipinski definition) is 2. The van der Waals surface area contributed by atoms with Gasteiger partial charge in [0.25, 0.3) is 5.91 Å². The first-order chi connectivity index (χ1) is 13.2. The van der Waals surface area contributed by atoms with E-state index in [1.807, 2.05) is 54.6 Å². The van der Waals surface area contributed by atoms with Crippen LogP contribution in [0.3, 0.4) is 0 Å². The van der Waals surface area contributed by atoms with Gasteiger partial charge < -0.3 is 5.32 Å². The van der Waals surface area contributed by atoms with Gasteiger partial charge in [0.2, 0.25) is 0 Å². The van der Waals surface area contributed by atoms with Crippen molar-refractivity contribution in [3.8, 4) is 11.3 Å². The number of rotatable bonds is 3. The van der Waals surface area contributed by atoms with Crippen LogP contribution in [-0.2, 0) is 0 Å². The fraction of sp³-hybridized carbons (Fsp3) is 0.304. The Labute approximate surface area is 168 Å². The molecule has 1 aliphatic rings. The maximum absolute atomic E-state index is 13.1. The topological polar surface area (TPSA) is 42.0 Å². The van der Waals surface area contributed by atoms with Gasteiger partial charge in [-0.2, -0.15) is 0 Å². The van der Waals surface area contributed by atoms with Gasteiger partial charge in [0.1, 0.15) is 0 Å². The second-order valence-corrected chi connectivity index (χ2v) is 8.16. The van der Waals surface area contributed by atoms with Crippen molar-refractivity contribution in [2.45, 2.75) is 44.6 Å². The van der Waals surface area contributed by atoms with Gasteiger partial charge in [-0.1, -0.05) is 71.9 Å². The van der Waals surface area contributed by atoms with Crippen LogP contribution in [0.15, 0.2) is 59.1 Å². The molecule has 1 N–H and O–H groups in total. The Hall–Kier alpha value is -2.20. The first-order valence-electron chi connectivity index (χ1n) is 9.67. The van der Waals surface area contributed by atoms with Crippen molar-refractivity contribution in [2.24, 2.45) is 0 Å². The van der Waals surface area contributed by atoms with Gasteiger partial charge in [-0.05, 0) is 37.1 Å². The number of aromatic nitrogens is 1. The van der Waals surface area contributed by atoms with E-state index in [4.69, 9.17) is 4.98 Å². The maximum Gasteiger partial charge on any atom is 0.252 e. The zero-order valence-electron chi connectivity index (χ0n) is 15.2. The van der Waals surface area contributed by atoms with Crippen LogP contribution in [0.4, 0.5) is 0 Å². The lowest BCUT2D eigenvalue weighted by Gasteiger charge is -2.17. The molecule has 3 aromatic rings. The fourth-order valence-electron chi connectivity index (χ4n) is 3.82. The Kier molecular flexibility index (Phi) is 5.53. The highest BCUT2D eigenvalue weighted by atomic mass is 79.9. The highest BCUT2D eigenvalue weighted by Crippen LogP contribution is 2.26. The number of fused-ring (bicyclic) bond motifs is 1. The van der Waals surface area contributed by atoms with Crippen LogP contribution in [0.2, 0.25) is 0 Å². The van der Waals surface area contributed by atoms with E-state index in [0.29, 0.717) is 5.56 Å². The van der Waals surface area contributed by atoms with Crippen molar-refractivity contribution >= 4 is 32.7 Å². The Balaban J connectivity index is 1.71. The molecule has 0 saturated heterocycles. The standard InChI is InChI=1S/C23H23BrN2O/c24-17-13-11-16(12-14-17)22-15-20(19-9-5-6-10-21(19)26-22)23(27)25-18-7-3-1-2-4-8-18/h5-6,9-15,18H,1-4,7-8H2,(H,25,27). The number of pyridine rings is 1. The molecule has 1 saturated carbocycles. The number of carbonyl (C=O) groups is 1. The number of carbonyl (C=O) groups excluding carboxylic acids is 1. The molecule has 27 heavy (non-hydrogen) atoms. The Morgan fingerprint density at radius 3 is 2.41 bits per heavy atom. The average Bonchev–Trinajstić information content (AvgIpc) is 2.96. The molecule has 1 heterocycles. The van der Waals surface area contributed by atoms with Gasteiger partial charge in [0, 0.05) is 21.5 Å². The van der Waals surface area contributed by atoms with Crippen LogP contribution < -0.4 is 5.32 Å². The second kappa shape index (κ2) is 8.22. The third-order valence-electron chi connectivity index (χ3n) is 5.29. The number of halogens is 1. The van der Waals surface area contributed by atoms with Gasteiger partial charge in [-0.3, -0.25) is 4.79 Å². The molecule has 0 spiro atoms. The molecule has 1 fully saturated rings. The van der Waals surface area contributed by atoms with Crippen LogP contribution in [0, 0.1) is 0 Å². The van der Waals surface area contributed by atoms with E-state index in [0.717, 1.165) is 39.5 Å². The van der Waals surface area contributed by atoms with Crippen molar-refractivity contribution in [3.05, 3.63) is 64.6 Å². The smallest absolute Gasteiger partial charge is 0.252 e. The molecular formula is C23H23BrN2O. The molecule has 138 valence electrons. The van der Waals surface area contributed by atoms with E-state index in [9.17, 15) is 4.79 Å². The van der Waals surface area contributed by atoms with Gasteiger partial charge in [0.05, 0.1) is 16.8 Å². The summed E-state index contributed by atoms with van der Waals surface area (Å²) >= 11 is 3.47. The molecule has 0 aliphatic heterocycles.